The molecule has 0 aliphatic carbocycles. The zero-order valence-electron chi connectivity index (χ0n) is 12.6. The number of unbranched alkanes of at least 4 members (excludes halogenated alkanes) is 1. The molecule has 2 N–H and O–H groups in total. The van der Waals surface area contributed by atoms with Gasteiger partial charge in [-0.15, -0.1) is 0 Å². The average molecular weight is 291 g/mol. The zero-order chi connectivity index (χ0) is 15.7. The van der Waals surface area contributed by atoms with E-state index in [0.717, 1.165) is 25.0 Å². The first kappa shape index (κ1) is 16.7. The van der Waals surface area contributed by atoms with E-state index in [0.29, 0.717) is 11.4 Å². The molecule has 6 nitrogen and oxygen atoms in total. The molecule has 0 unspecified atom stereocenters. The molecule has 114 valence electrons. The van der Waals surface area contributed by atoms with Crippen molar-refractivity contribution in [3.63, 3.8) is 0 Å². The van der Waals surface area contributed by atoms with Crippen LogP contribution < -0.4 is 15.5 Å². The molecule has 0 saturated carbocycles. The van der Waals surface area contributed by atoms with Gasteiger partial charge >= 0.3 is 11.8 Å². The van der Waals surface area contributed by atoms with E-state index in [1.165, 1.54) is 0 Å². The van der Waals surface area contributed by atoms with Crippen LogP contribution in [0.2, 0.25) is 0 Å². The predicted octanol–water partition coefficient (Wildman–Crippen LogP) is 2.32. The zero-order valence-corrected chi connectivity index (χ0v) is 12.6. The van der Waals surface area contributed by atoms with Gasteiger partial charge in [0.1, 0.15) is 5.75 Å². The van der Waals surface area contributed by atoms with Gasteiger partial charge < -0.3 is 10.1 Å². The summed E-state index contributed by atoms with van der Waals surface area (Å²) in [6, 6.07) is 6.70. The molecule has 0 aliphatic rings. The molecule has 0 atom stereocenters. The number of carbonyl (C=O) groups is 2. The smallest absolute Gasteiger partial charge is 0.329 e. The summed E-state index contributed by atoms with van der Waals surface area (Å²) in [7, 11) is 1.56. The quantitative estimate of drug-likeness (QED) is 0.479. The monoisotopic (exact) mass is 291 g/mol. The number of ether oxygens (including phenoxy) is 1. The summed E-state index contributed by atoms with van der Waals surface area (Å²) in [6.07, 6.45) is 2.86. The number of hydrogen-bond donors (Lipinski definition) is 2. The standard InChI is InChI=1S/C15H21N3O3/c1-4-5-6-11(2)17-18-15(20)14(19)16-12-7-9-13(21-3)10-8-12/h7-10H,4-6H2,1-3H3,(H,16,19)(H,18,20)/b17-11+. The molecule has 1 aromatic carbocycles. The topological polar surface area (TPSA) is 79.8 Å². The van der Waals surface area contributed by atoms with Gasteiger partial charge in [0, 0.05) is 11.4 Å². The second-order valence-electron chi connectivity index (χ2n) is 4.57. The van der Waals surface area contributed by atoms with Crippen LogP contribution in [-0.2, 0) is 9.59 Å². The fourth-order valence-electron chi connectivity index (χ4n) is 1.55. The highest BCUT2D eigenvalue weighted by atomic mass is 16.5. The van der Waals surface area contributed by atoms with Gasteiger partial charge in [-0.3, -0.25) is 9.59 Å². The Morgan fingerprint density at radius 3 is 2.43 bits per heavy atom. The highest BCUT2D eigenvalue weighted by molar-refractivity contribution is 6.39. The highest BCUT2D eigenvalue weighted by Crippen LogP contribution is 2.14. The maximum Gasteiger partial charge on any atom is 0.329 e. The van der Waals surface area contributed by atoms with Crippen molar-refractivity contribution in [3.05, 3.63) is 24.3 Å². The van der Waals surface area contributed by atoms with Crippen LogP contribution in [0, 0.1) is 0 Å². The lowest BCUT2D eigenvalue weighted by molar-refractivity contribution is -0.136. The van der Waals surface area contributed by atoms with Crippen molar-refractivity contribution < 1.29 is 14.3 Å². The van der Waals surface area contributed by atoms with Crippen LogP contribution in [0.1, 0.15) is 33.1 Å². The maximum atomic E-state index is 11.7. The van der Waals surface area contributed by atoms with Crippen molar-refractivity contribution in [2.45, 2.75) is 33.1 Å². The van der Waals surface area contributed by atoms with Crippen molar-refractivity contribution in [1.29, 1.82) is 0 Å². The van der Waals surface area contributed by atoms with E-state index in [2.05, 4.69) is 22.8 Å². The number of amides is 2. The SMILES string of the molecule is CCCC/C(C)=N/NC(=O)C(=O)Nc1ccc(OC)cc1. The summed E-state index contributed by atoms with van der Waals surface area (Å²) in [5.74, 6) is -0.873. The number of nitrogens with one attached hydrogen (secondary N) is 2. The maximum absolute atomic E-state index is 11.7. The van der Waals surface area contributed by atoms with E-state index < -0.39 is 11.8 Å². The van der Waals surface area contributed by atoms with E-state index in [9.17, 15) is 9.59 Å². The fourth-order valence-corrected chi connectivity index (χ4v) is 1.55. The summed E-state index contributed by atoms with van der Waals surface area (Å²) in [6.45, 7) is 3.89. The minimum Gasteiger partial charge on any atom is -0.497 e. The Morgan fingerprint density at radius 2 is 1.86 bits per heavy atom. The van der Waals surface area contributed by atoms with Crippen molar-refractivity contribution in [2.24, 2.45) is 5.10 Å². The fraction of sp³-hybridized carbons (Fsp3) is 0.400. The number of hydrogen-bond acceptors (Lipinski definition) is 4. The summed E-state index contributed by atoms with van der Waals surface area (Å²) in [5, 5.41) is 6.37. The number of rotatable bonds is 6. The number of benzene rings is 1. The van der Waals surface area contributed by atoms with Crippen molar-refractivity contribution >= 4 is 23.2 Å². The van der Waals surface area contributed by atoms with Gasteiger partial charge in [-0.2, -0.15) is 5.10 Å². The lowest BCUT2D eigenvalue weighted by atomic mass is 10.2. The van der Waals surface area contributed by atoms with Crippen LogP contribution >= 0.6 is 0 Å². The van der Waals surface area contributed by atoms with E-state index in [1.54, 1.807) is 31.4 Å². The number of carbonyl (C=O) groups excluding carboxylic acids is 2. The Hall–Kier alpha value is -2.37. The van der Waals surface area contributed by atoms with Crippen LogP contribution in [0.15, 0.2) is 29.4 Å². The minimum absolute atomic E-state index is 0.516. The molecule has 2 amide bonds. The number of hydrazone groups is 1. The van der Waals surface area contributed by atoms with Gasteiger partial charge in [-0.25, -0.2) is 5.43 Å². The molecule has 0 aromatic heterocycles. The van der Waals surface area contributed by atoms with Gasteiger partial charge in [0.25, 0.3) is 0 Å². The molecular weight excluding hydrogens is 270 g/mol. The summed E-state index contributed by atoms with van der Waals surface area (Å²) >= 11 is 0. The van der Waals surface area contributed by atoms with Crippen molar-refractivity contribution in [2.75, 3.05) is 12.4 Å². The Labute approximate surface area is 124 Å². The third kappa shape index (κ3) is 6.07. The van der Waals surface area contributed by atoms with Gasteiger partial charge in [0.05, 0.1) is 7.11 Å². The molecule has 1 rings (SSSR count). The van der Waals surface area contributed by atoms with Crippen molar-refractivity contribution in [3.8, 4) is 5.75 Å². The number of nitrogens with zero attached hydrogens (tertiary/aromatic N) is 1. The Morgan fingerprint density at radius 1 is 1.19 bits per heavy atom. The number of methoxy groups -OCH3 is 1. The molecule has 0 radical (unpaired) electrons. The van der Waals surface area contributed by atoms with Gasteiger partial charge in [0.15, 0.2) is 0 Å². The van der Waals surface area contributed by atoms with Crippen molar-refractivity contribution in [1.82, 2.24) is 5.43 Å². The molecular formula is C15H21N3O3. The van der Waals surface area contributed by atoms with E-state index in [-0.39, 0.29) is 0 Å². The summed E-state index contributed by atoms with van der Waals surface area (Å²) in [5.41, 5.74) is 3.56. The molecule has 0 aliphatic heterocycles. The molecule has 0 spiro atoms. The molecule has 1 aromatic rings. The minimum atomic E-state index is -0.790. The van der Waals surface area contributed by atoms with Crippen LogP contribution in [0.3, 0.4) is 0 Å². The largest absolute Gasteiger partial charge is 0.497 e. The van der Waals surface area contributed by atoms with Crippen LogP contribution in [0.4, 0.5) is 5.69 Å². The lowest BCUT2D eigenvalue weighted by Gasteiger charge is -2.05. The summed E-state index contributed by atoms with van der Waals surface area (Å²) < 4.78 is 5.01. The van der Waals surface area contributed by atoms with Crippen LogP contribution in [-0.4, -0.2) is 24.6 Å². The molecule has 21 heavy (non-hydrogen) atoms. The second-order valence-corrected chi connectivity index (χ2v) is 4.57. The first-order valence-corrected chi connectivity index (χ1v) is 6.85. The average Bonchev–Trinajstić information content (AvgIpc) is 2.51. The van der Waals surface area contributed by atoms with Gasteiger partial charge in [0.2, 0.25) is 0 Å². The highest BCUT2D eigenvalue weighted by Gasteiger charge is 2.13. The molecule has 0 fully saturated rings. The van der Waals surface area contributed by atoms with E-state index >= 15 is 0 Å². The molecule has 0 heterocycles. The van der Waals surface area contributed by atoms with Crippen LogP contribution in [0.25, 0.3) is 0 Å². The first-order valence-electron chi connectivity index (χ1n) is 6.85. The van der Waals surface area contributed by atoms with Crippen LogP contribution in [0.5, 0.6) is 5.75 Å². The third-order valence-corrected chi connectivity index (χ3v) is 2.79. The first-order chi connectivity index (χ1) is 10.1. The molecule has 6 heteroatoms. The van der Waals surface area contributed by atoms with Gasteiger partial charge in [-0.1, -0.05) is 13.3 Å². The Kier molecular flexibility index (Phi) is 6.94. The second kappa shape index (κ2) is 8.73. The molecule has 0 saturated heterocycles. The predicted molar refractivity (Wildman–Crippen MR) is 82.4 cm³/mol. The normalized spacial score (nSPS) is 10.9. The molecule has 0 bridgehead atoms. The Balaban J connectivity index is 2.48. The van der Waals surface area contributed by atoms with E-state index in [1.807, 2.05) is 6.92 Å². The summed E-state index contributed by atoms with van der Waals surface area (Å²) in [4.78, 5) is 23.3. The number of anilines is 1. The third-order valence-electron chi connectivity index (χ3n) is 2.79. The lowest BCUT2D eigenvalue weighted by Crippen LogP contribution is -2.32. The van der Waals surface area contributed by atoms with Gasteiger partial charge in [-0.05, 0) is 44.0 Å². The van der Waals surface area contributed by atoms with E-state index in [4.69, 9.17) is 4.74 Å². The Bertz CT molecular complexity index is 509.